The Bertz CT molecular complexity index is 247. The lowest BCUT2D eigenvalue weighted by molar-refractivity contribution is -0.138. The van der Waals surface area contributed by atoms with E-state index in [1.807, 2.05) is 6.92 Å². The van der Waals surface area contributed by atoms with E-state index in [0.717, 1.165) is 0 Å². The quantitative estimate of drug-likeness (QED) is 0.509. The van der Waals surface area contributed by atoms with Crippen LogP contribution >= 0.6 is 0 Å². The van der Waals surface area contributed by atoms with Crippen molar-refractivity contribution in [1.82, 2.24) is 4.90 Å². The van der Waals surface area contributed by atoms with E-state index in [1.165, 1.54) is 0 Å². The van der Waals surface area contributed by atoms with Gasteiger partial charge in [-0.05, 0) is 6.92 Å². The van der Waals surface area contributed by atoms with Crippen molar-refractivity contribution < 1.29 is 24.5 Å². The minimum Gasteiger partial charge on any atom is -0.480 e. The number of methoxy groups -OCH3 is 1. The van der Waals surface area contributed by atoms with Crippen LogP contribution in [0.4, 0.5) is 0 Å². The van der Waals surface area contributed by atoms with Crippen molar-refractivity contribution >= 4 is 5.97 Å². The lowest BCUT2D eigenvalue weighted by Gasteiger charge is -2.23. The van der Waals surface area contributed by atoms with Crippen molar-refractivity contribution in [2.45, 2.75) is 19.1 Å². The summed E-state index contributed by atoms with van der Waals surface area (Å²) in [5.41, 5.74) is 0. The summed E-state index contributed by atoms with van der Waals surface area (Å²) < 4.78 is 10.3. The minimum absolute atomic E-state index is 0.100. The molecular weight excluding hydrogens is 238 g/mol. The number of rotatable bonds is 11. The molecule has 0 amide bonds. The van der Waals surface area contributed by atoms with Crippen LogP contribution < -0.4 is 0 Å². The molecule has 6 heteroatoms. The third-order valence-electron chi connectivity index (χ3n) is 2.19. The van der Waals surface area contributed by atoms with E-state index in [1.54, 1.807) is 18.1 Å². The number of aliphatic carboxylic acids is 1. The third kappa shape index (κ3) is 9.12. The van der Waals surface area contributed by atoms with Gasteiger partial charge in [-0.3, -0.25) is 9.69 Å². The summed E-state index contributed by atoms with van der Waals surface area (Å²) in [4.78, 5) is 12.2. The Labute approximate surface area is 108 Å². The third-order valence-corrected chi connectivity index (χ3v) is 2.19. The summed E-state index contributed by atoms with van der Waals surface area (Å²) in [6.07, 6.45) is 0.768. The average Bonchev–Trinajstić information content (AvgIpc) is 2.26. The molecule has 0 saturated carbocycles. The zero-order chi connectivity index (χ0) is 14.0. The first kappa shape index (κ1) is 17.1. The van der Waals surface area contributed by atoms with E-state index in [-0.39, 0.29) is 25.8 Å². The van der Waals surface area contributed by atoms with Crippen LogP contribution in [0.1, 0.15) is 6.92 Å². The van der Waals surface area contributed by atoms with E-state index in [4.69, 9.17) is 14.6 Å². The maximum atomic E-state index is 10.6. The molecule has 0 radical (unpaired) electrons. The number of carbonyl (C=O) groups is 1. The lowest BCUT2D eigenvalue weighted by atomic mass is 10.3. The summed E-state index contributed by atoms with van der Waals surface area (Å²) in [5.74, 6) is -0.933. The molecule has 6 nitrogen and oxygen atoms in total. The highest BCUT2D eigenvalue weighted by Gasteiger charge is 2.14. The Morgan fingerprint density at radius 3 is 2.67 bits per heavy atom. The van der Waals surface area contributed by atoms with Gasteiger partial charge in [-0.1, -0.05) is 6.08 Å². The van der Waals surface area contributed by atoms with Crippen LogP contribution in [0.25, 0.3) is 0 Å². The van der Waals surface area contributed by atoms with Crippen molar-refractivity contribution in [2.24, 2.45) is 0 Å². The lowest BCUT2D eigenvalue weighted by Crippen LogP contribution is -2.39. The minimum atomic E-state index is -0.933. The van der Waals surface area contributed by atoms with Crippen molar-refractivity contribution in [3.63, 3.8) is 0 Å². The van der Waals surface area contributed by atoms with Crippen LogP contribution in [0.3, 0.4) is 0 Å². The molecule has 0 aliphatic heterocycles. The second kappa shape index (κ2) is 10.0. The molecule has 0 aliphatic carbocycles. The number of aliphatic hydroxyl groups excluding tert-OH is 1. The van der Waals surface area contributed by atoms with Gasteiger partial charge in [0.2, 0.25) is 0 Å². The monoisotopic (exact) mass is 261 g/mol. The van der Waals surface area contributed by atoms with Gasteiger partial charge in [0.15, 0.2) is 0 Å². The molecule has 0 fully saturated rings. The molecule has 0 bridgehead atoms. The smallest absolute Gasteiger partial charge is 0.317 e. The molecule has 0 saturated heterocycles. The first-order chi connectivity index (χ1) is 8.49. The Morgan fingerprint density at radius 2 is 2.17 bits per heavy atom. The summed E-state index contributed by atoms with van der Waals surface area (Å²) >= 11 is 0. The number of carboxylic acids is 1. The predicted octanol–water partition coefficient (Wildman–Crippen LogP) is -0.0286. The first-order valence-corrected chi connectivity index (χ1v) is 5.83. The van der Waals surface area contributed by atoms with Gasteiger partial charge >= 0.3 is 5.97 Å². The molecule has 2 unspecified atom stereocenters. The Balaban J connectivity index is 3.96. The number of nitrogens with zero attached hydrogens (tertiary/aromatic N) is 1. The van der Waals surface area contributed by atoms with Crippen LogP contribution in [-0.2, 0) is 14.3 Å². The van der Waals surface area contributed by atoms with Gasteiger partial charge in [0.05, 0.1) is 32.0 Å². The Morgan fingerprint density at radius 1 is 1.50 bits per heavy atom. The van der Waals surface area contributed by atoms with Crippen molar-refractivity contribution in [3.8, 4) is 0 Å². The number of ether oxygens (including phenoxy) is 2. The number of hydrogen-bond acceptors (Lipinski definition) is 5. The van der Waals surface area contributed by atoms with Gasteiger partial charge in [-0.2, -0.15) is 0 Å². The highest BCUT2D eigenvalue weighted by molar-refractivity contribution is 5.69. The maximum absolute atomic E-state index is 10.6. The first-order valence-electron chi connectivity index (χ1n) is 5.83. The van der Waals surface area contributed by atoms with E-state index in [2.05, 4.69) is 6.58 Å². The van der Waals surface area contributed by atoms with E-state index >= 15 is 0 Å². The highest BCUT2D eigenvalue weighted by Crippen LogP contribution is 1.98. The SMILES string of the molecule is C=CCN(CC(=O)O)CC(O)COC(C)COC. The molecule has 0 aromatic carbocycles. The predicted molar refractivity (Wildman–Crippen MR) is 67.6 cm³/mol. The number of carboxylic acid groups (broad SMARTS) is 1. The van der Waals surface area contributed by atoms with Gasteiger partial charge < -0.3 is 19.7 Å². The van der Waals surface area contributed by atoms with Crippen molar-refractivity contribution in [2.75, 3.05) is 40.0 Å². The fourth-order valence-electron chi connectivity index (χ4n) is 1.49. The molecule has 0 heterocycles. The number of hydrogen-bond donors (Lipinski definition) is 2. The topological polar surface area (TPSA) is 79.2 Å². The van der Waals surface area contributed by atoms with Crippen molar-refractivity contribution in [1.29, 1.82) is 0 Å². The highest BCUT2D eigenvalue weighted by atomic mass is 16.5. The fraction of sp³-hybridized carbons (Fsp3) is 0.750. The second-order valence-corrected chi connectivity index (χ2v) is 4.13. The zero-order valence-electron chi connectivity index (χ0n) is 11.0. The molecule has 2 atom stereocenters. The van der Waals surface area contributed by atoms with Gasteiger partial charge in [-0.25, -0.2) is 0 Å². The van der Waals surface area contributed by atoms with Crippen molar-refractivity contribution in [3.05, 3.63) is 12.7 Å². The van der Waals surface area contributed by atoms with Crippen LogP contribution in [-0.4, -0.2) is 73.2 Å². The molecule has 0 aliphatic rings. The maximum Gasteiger partial charge on any atom is 0.317 e. The molecule has 106 valence electrons. The normalized spacial score (nSPS) is 14.4. The molecule has 0 rings (SSSR count). The summed E-state index contributed by atoms with van der Waals surface area (Å²) in [7, 11) is 1.58. The summed E-state index contributed by atoms with van der Waals surface area (Å²) in [6, 6.07) is 0. The average molecular weight is 261 g/mol. The van der Waals surface area contributed by atoms with E-state index in [9.17, 15) is 9.90 Å². The van der Waals surface area contributed by atoms with Gasteiger partial charge in [0.1, 0.15) is 0 Å². The van der Waals surface area contributed by atoms with Gasteiger partial charge in [-0.15, -0.1) is 6.58 Å². The fourth-order valence-corrected chi connectivity index (χ4v) is 1.49. The van der Waals surface area contributed by atoms with E-state index in [0.29, 0.717) is 13.2 Å². The van der Waals surface area contributed by atoms with Crippen LogP contribution in [0.5, 0.6) is 0 Å². The molecule has 0 aromatic heterocycles. The summed E-state index contributed by atoms with van der Waals surface area (Å²) in [5, 5.41) is 18.4. The number of aliphatic hydroxyl groups is 1. The van der Waals surface area contributed by atoms with Gasteiger partial charge in [0, 0.05) is 20.2 Å². The Kier molecular flexibility index (Phi) is 9.49. The van der Waals surface area contributed by atoms with Crippen LogP contribution in [0, 0.1) is 0 Å². The van der Waals surface area contributed by atoms with Crippen LogP contribution in [0.2, 0.25) is 0 Å². The molecule has 18 heavy (non-hydrogen) atoms. The zero-order valence-corrected chi connectivity index (χ0v) is 11.0. The Hall–Kier alpha value is -0.950. The largest absolute Gasteiger partial charge is 0.480 e. The second-order valence-electron chi connectivity index (χ2n) is 4.13. The molecule has 2 N–H and O–H groups in total. The summed E-state index contributed by atoms with van der Waals surface area (Å²) in [6.45, 7) is 6.52. The molecular formula is C12H23NO5. The standard InChI is InChI=1S/C12H23NO5/c1-4-5-13(7-12(15)16)6-11(14)9-18-10(2)8-17-3/h4,10-11,14H,1,5-9H2,2-3H3,(H,15,16). The van der Waals surface area contributed by atoms with E-state index < -0.39 is 12.1 Å². The van der Waals surface area contributed by atoms with Gasteiger partial charge in [0.25, 0.3) is 0 Å². The van der Waals surface area contributed by atoms with Crippen LogP contribution in [0.15, 0.2) is 12.7 Å². The molecule has 0 aromatic rings. The molecule has 0 spiro atoms.